The first-order valence-electron chi connectivity index (χ1n) is 9.20. The highest BCUT2D eigenvalue weighted by atomic mass is 16.1. The van der Waals surface area contributed by atoms with Crippen molar-refractivity contribution in [1.82, 2.24) is 19.9 Å². The van der Waals surface area contributed by atoms with Crippen LogP contribution in [0.4, 0.5) is 5.69 Å². The molecule has 1 aromatic carbocycles. The summed E-state index contributed by atoms with van der Waals surface area (Å²) >= 11 is 0. The highest BCUT2D eigenvalue weighted by molar-refractivity contribution is 5.70. The average molecular weight is 362 g/mol. The first-order chi connectivity index (χ1) is 13.1. The molecule has 0 atom stereocenters. The van der Waals surface area contributed by atoms with Crippen molar-refractivity contribution in [3.05, 3.63) is 51.9 Å². The van der Waals surface area contributed by atoms with E-state index < -0.39 is 0 Å². The zero-order valence-electron chi connectivity index (χ0n) is 15.5. The van der Waals surface area contributed by atoms with Crippen LogP contribution in [0.1, 0.15) is 30.9 Å². The molecule has 2 N–H and O–H groups in total. The number of aromatic nitrogens is 3. The van der Waals surface area contributed by atoms with Crippen molar-refractivity contribution in [2.24, 2.45) is 0 Å². The van der Waals surface area contributed by atoms with E-state index in [-0.39, 0.29) is 11.5 Å². The highest BCUT2D eigenvalue weighted by Crippen LogP contribution is 2.28. The summed E-state index contributed by atoms with van der Waals surface area (Å²) in [7, 11) is 0. The van der Waals surface area contributed by atoms with Crippen molar-refractivity contribution >= 4 is 11.3 Å². The Balaban J connectivity index is 1.83. The molecule has 7 nitrogen and oxygen atoms in total. The first kappa shape index (κ1) is 17.3. The van der Waals surface area contributed by atoms with Gasteiger partial charge in [-0.15, -0.1) is 0 Å². The third kappa shape index (κ3) is 2.98. The van der Waals surface area contributed by atoms with Gasteiger partial charge >= 0.3 is 0 Å². The molecule has 0 amide bonds. The minimum atomic E-state index is -0.179. The number of hydrogen-bond acceptors (Lipinski definition) is 5. The third-order valence-electron chi connectivity index (χ3n) is 5.04. The van der Waals surface area contributed by atoms with Gasteiger partial charge in [0.15, 0.2) is 5.65 Å². The maximum atomic E-state index is 13.0. The van der Waals surface area contributed by atoms with Gasteiger partial charge in [0.1, 0.15) is 11.6 Å². The molecule has 1 aliphatic rings. The largest absolute Gasteiger partial charge is 0.369 e. The number of nitriles is 1. The van der Waals surface area contributed by atoms with E-state index in [4.69, 9.17) is 0 Å². The zero-order chi connectivity index (χ0) is 19.0. The lowest BCUT2D eigenvalue weighted by Crippen LogP contribution is -2.43. The number of piperazine rings is 1. The number of H-pyrrole nitrogens is 1. The molecule has 1 aliphatic heterocycles. The molecule has 0 aliphatic carbocycles. The minimum absolute atomic E-state index is 0.0238. The van der Waals surface area contributed by atoms with Crippen LogP contribution in [0.2, 0.25) is 0 Å². The van der Waals surface area contributed by atoms with Gasteiger partial charge < -0.3 is 15.2 Å². The van der Waals surface area contributed by atoms with Gasteiger partial charge in [-0.05, 0) is 23.6 Å². The monoisotopic (exact) mass is 362 g/mol. The predicted molar refractivity (Wildman–Crippen MR) is 105 cm³/mol. The van der Waals surface area contributed by atoms with E-state index in [1.54, 1.807) is 0 Å². The Morgan fingerprint density at radius 2 is 1.89 bits per heavy atom. The number of fused-ring (bicyclic) bond motifs is 1. The van der Waals surface area contributed by atoms with E-state index in [1.165, 1.54) is 16.4 Å². The third-order valence-corrected chi connectivity index (χ3v) is 5.04. The van der Waals surface area contributed by atoms with Gasteiger partial charge in [-0.2, -0.15) is 14.9 Å². The van der Waals surface area contributed by atoms with E-state index in [2.05, 4.69) is 38.5 Å². The summed E-state index contributed by atoms with van der Waals surface area (Å²) in [4.78, 5) is 18.6. The Kier molecular flexibility index (Phi) is 4.42. The van der Waals surface area contributed by atoms with E-state index in [0.717, 1.165) is 37.4 Å². The lowest BCUT2D eigenvalue weighted by molar-refractivity contribution is 0.589. The molecule has 0 unspecified atom stereocenters. The predicted octanol–water partition coefficient (Wildman–Crippen LogP) is 2.09. The van der Waals surface area contributed by atoms with Gasteiger partial charge in [-0.25, -0.2) is 0 Å². The van der Waals surface area contributed by atoms with Crippen LogP contribution in [0.15, 0.2) is 35.3 Å². The first-order valence-corrected chi connectivity index (χ1v) is 9.20. The number of aromatic amines is 1. The topological polar surface area (TPSA) is 89.2 Å². The van der Waals surface area contributed by atoms with Gasteiger partial charge in [-0.1, -0.05) is 26.0 Å². The second-order valence-corrected chi connectivity index (χ2v) is 7.09. The lowest BCUT2D eigenvalue weighted by atomic mass is 9.98. The number of anilines is 1. The molecule has 3 aromatic rings. The lowest BCUT2D eigenvalue weighted by Gasteiger charge is -2.29. The van der Waals surface area contributed by atoms with Crippen molar-refractivity contribution in [1.29, 1.82) is 5.26 Å². The standard InChI is InChI=1S/C20H22N6O/c1-13(2)17-18(24-19-15(11-21)12-23-26(19)20(17)27)14-3-5-16(6-4-14)25-9-7-22-8-10-25/h3-6,12-13,22,24H,7-10H2,1-2H3. The number of hydrogen-bond donors (Lipinski definition) is 2. The quantitative estimate of drug-likeness (QED) is 0.745. The van der Waals surface area contributed by atoms with Crippen LogP contribution in [0.25, 0.3) is 16.9 Å². The number of nitrogens with one attached hydrogen (secondary N) is 2. The summed E-state index contributed by atoms with van der Waals surface area (Å²) in [6, 6.07) is 10.3. The number of rotatable bonds is 3. The van der Waals surface area contributed by atoms with Crippen LogP contribution in [0, 0.1) is 11.3 Å². The van der Waals surface area contributed by atoms with E-state index in [1.807, 2.05) is 26.0 Å². The fourth-order valence-electron chi connectivity index (χ4n) is 3.64. The molecule has 0 bridgehead atoms. The summed E-state index contributed by atoms with van der Waals surface area (Å²) in [5, 5.41) is 16.7. The van der Waals surface area contributed by atoms with Crippen LogP contribution in [0.5, 0.6) is 0 Å². The molecular weight excluding hydrogens is 340 g/mol. The maximum Gasteiger partial charge on any atom is 0.278 e. The average Bonchev–Trinajstić information content (AvgIpc) is 3.12. The highest BCUT2D eigenvalue weighted by Gasteiger charge is 2.19. The Morgan fingerprint density at radius 1 is 1.19 bits per heavy atom. The molecule has 0 saturated carbocycles. The zero-order valence-corrected chi connectivity index (χ0v) is 15.5. The van der Waals surface area contributed by atoms with Crippen LogP contribution in [-0.2, 0) is 0 Å². The number of nitrogens with zero attached hydrogens (tertiary/aromatic N) is 4. The fraction of sp³-hybridized carbons (Fsp3) is 0.350. The Hall–Kier alpha value is -3.11. The molecule has 7 heteroatoms. The van der Waals surface area contributed by atoms with Crippen LogP contribution in [0.3, 0.4) is 0 Å². The Morgan fingerprint density at radius 3 is 2.52 bits per heavy atom. The molecule has 138 valence electrons. The van der Waals surface area contributed by atoms with E-state index in [0.29, 0.717) is 16.8 Å². The van der Waals surface area contributed by atoms with Crippen molar-refractivity contribution in [3.8, 4) is 17.3 Å². The Bertz CT molecular complexity index is 1060. The van der Waals surface area contributed by atoms with Gasteiger partial charge in [0, 0.05) is 37.4 Å². The van der Waals surface area contributed by atoms with E-state index >= 15 is 0 Å². The molecule has 0 radical (unpaired) electrons. The van der Waals surface area contributed by atoms with Crippen molar-refractivity contribution < 1.29 is 0 Å². The fourth-order valence-corrected chi connectivity index (χ4v) is 3.64. The minimum Gasteiger partial charge on any atom is -0.369 e. The Labute approximate surface area is 157 Å². The van der Waals surface area contributed by atoms with Crippen LogP contribution in [-0.4, -0.2) is 40.8 Å². The second-order valence-electron chi connectivity index (χ2n) is 7.09. The molecule has 0 spiro atoms. The van der Waals surface area contributed by atoms with Gasteiger partial charge in [0.25, 0.3) is 5.56 Å². The van der Waals surface area contributed by atoms with Crippen molar-refractivity contribution in [2.45, 2.75) is 19.8 Å². The molecule has 27 heavy (non-hydrogen) atoms. The summed E-state index contributed by atoms with van der Waals surface area (Å²) < 4.78 is 1.28. The van der Waals surface area contributed by atoms with Crippen LogP contribution < -0.4 is 15.8 Å². The molecule has 1 saturated heterocycles. The van der Waals surface area contributed by atoms with Crippen molar-refractivity contribution in [2.75, 3.05) is 31.1 Å². The normalized spacial score (nSPS) is 14.7. The summed E-state index contributed by atoms with van der Waals surface area (Å²) in [5.41, 5.74) is 4.16. The summed E-state index contributed by atoms with van der Waals surface area (Å²) in [6.07, 6.45) is 1.43. The molecule has 1 fully saturated rings. The molecule has 4 rings (SSSR count). The maximum absolute atomic E-state index is 13.0. The van der Waals surface area contributed by atoms with Gasteiger partial charge in [-0.3, -0.25) is 4.79 Å². The van der Waals surface area contributed by atoms with Gasteiger partial charge in [0.2, 0.25) is 0 Å². The number of benzene rings is 1. The SMILES string of the molecule is CC(C)c1c(-c2ccc(N3CCNCC3)cc2)[nH]c2c(C#N)cnn2c1=O. The van der Waals surface area contributed by atoms with Crippen molar-refractivity contribution in [3.63, 3.8) is 0 Å². The molecule has 2 aromatic heterocycles. The summed E-state index contributed by atoms with van der Waals surface area (Å²) in [5.74, 6) is 0.0238. The van der Waals surface area contributed by atoms with Gasteiger partial charge in [0.05, 0.1) is 11.9 Å². The van der Waals surface area contributed by atoms with Crippen LogP contribution >= 0.6 is 0 Å². The van der Waals surface area contributed by atoms with E-state index in [9.17, 15) is 10.1 Å². The summed E-state index contributed by atoms with van der Waals surface area (Å²) in [6.45, 7) is 7.93. The molecular formula is C20H22N6O. The smallest absolute Gasteiger partial charge is 0.278 e. The molecule has 3 heterocycles. The second kappa shape index (κ2) is 6.89.